The highest BCUT2D eigenvalue weighted by molar-refractivity contribution is 6.09. The van der Waals surface area contributed by atoms with Gasteiger partial charge in [0.15, 0.2) is 5.84 Å². The van der Waals surface area contributed by atoms with E-state index in [-0.39, 0.29) is 17.3 Å². The molecule has 1 fully saturated rings. The van der Waals surface area contributed by atoms with Crippen LogP contribution in [0.4, 0.5) is 18.9 Å². The van der Waals surface area contributed by atoms with Crippen LogP contribution in [0.2, 0.25) is 0 Å². The van der Waals surface area contributed by atoms with Gasteiger partial charge in [0.25, 0.3) is 0 Å². The lowest BCUT2D eigenvalue weighted by molar-refractivity contribution is -0.274. The lowest BCUT2D eigenvalue weighted by Gasteiger charge is -2.28. The van der Waals surface area contributed by atoms with E-state index >= 15 is 0 Å². The monoisotopic (exact) mass is 405 g/mol. The molecule has 0 bridgehead atoms. The van der Waals surface area contributed by atoms with Crippen molar-refractivity contribution in [1.82, 2.24) is 0 Å². The first-order valence-corrected chi connectivity index (χ1v) is 9.29. The van der Waals surface area contributed by atoms with Crippen LogP contribution in [-0.2, 0) is 4.74 Å². The van der Waals surface area contributed by atoms with Gasteiger partial charge in [-0.1, -0.05) is 12.1 Å². The molecular formula is C21H22F3N3O2. The molecule has 0 radical (unpaired) electrons. The summed E-state index contributed by atoms with van der Waals surface area (Å²) < 4.78 is 47.1. The molecule has 1 saturated heterocycles. The van der Waals surface area contributed by atoms with Crippen LogP contribution >= 0.6 is 0 Å². The molecule has 0 aliphatic carbocycles. The van der Waals surface area contributed by atoms with Gasteiger partial charge in [0.1, 0.15) is 5.75 Å². The fraction of sp³-hybridized carbons (Fsp3) is 0.333. The third-order valence-electron chi connectivity index (χ3n) is 4.61. The number of rotatable bonds is 4. The summed E-state index contributed by atoms with van der Waals surface area (Å²) in [7, 11) is 1.41. The molecule has 5 nitrogen and oxygen atoms in total. The van der Waals surface area contributed by atoms with Crippen LogP contribution in [0.5, 0.6) is 5.75 Å². The number of anilines is 1. The number of para-hydroxylation sites is 1. The number of ether oxygens (including phenoxy) is 2. The summed E-state index contributed by atoms with van der Waals surface area (Å²) in [6.07, 6.45) is -1.27. The number of nitrogens with one attached hydrogen (secondary N) is 1. The highest BCUT2D eigenvalue weighted by Gasteiger charge is 2.32. The maximum Gasteiger partial charge on any atom is 0.573 e. The van der Waals surface area contributed by atoms with Crippen LogP contribution in [0.3, 0.4) is 0 Å². The molecule has 0 spiro atoms. The first-order valence-electron chi connectivity index (χ1n) is 9.29. The van der Waals surface area contributed by atoms with Crippen LogP contribution in [0.25, 0.3) is 0 Å². The van der Waals surface area contributed by atoms with E-state index in [9.17, 15) is 13.2 Å². The molecule has 0 aromatic heterocycles. The van der Waals surface area contributed by atoms with Crippen molar-refractivity contribution < 1.29 is 22.6 Å². The number of piperidine rings is 1. The molecule has 0 amide bonds. The van der Waals surface area contributed by atoms with E-state index in [1.165, 1.54) is 44.6 Å². The van der Waals surface area contributed by atoms with Gasteiger partial charge in [-0.05, 0) is 55.7 Å². The molecule has 0 saturated carbocycles. The van der Waals surface area contributed by atoms with Crippen molar-refractivity contribution in [3.05, 3.63) is 59.7 Å². The van der Waals surface area contributed by atoms with Crippen molar-refractivity contribution in [1.29, 1.82) is 5.41 Å². The summed E-state index contributed by atoms with van der Waals surface area (Å²) in [5.41, 5.74) is 1.65. The van der Waals surface area contributed by atoms with Gasteiger partial charge in [0.2, 0.25) is 5.90 Å². The summed E-state index contributed by atoms with van der Waals surface area (Å²) in [6.45, 7) is 2.04. The Kier molecular flexibility index (Phi) is 6.41. The zero-order valence-corrected chi connectivity index (χ0v) is 16.0. The predicted octanol–water partition coefficient (Wildman–Crippen LogP) is 4.99. The molecule has 1 heterocycles. The zero-order valence-electron chi connectivity index (χ0n) is 16.0. The van der Waals surface area contributed by atoms with Gasteiger partial charge in [0, 0.05) is 24.3 Å². The standard InChI is InChI=1S/C21H22F3N3O2/c1-28-20(15-9-11-16(12-10-15)27-13-5-2-6-14-27)26-19(25)17-7-3-4-8-18(17)29-21(22,23)24/h3-4,7-12,25H,2,5-6,13-14H2,1H3. The third-order valence-corrected chi connectivity index (χ3v) is 4.61. The molecule has 1 aliphatic rings. The van der Waals surface area contributed by atoms with Crippen molar-refractivity contribution in [3.63, 3.8) is 0 Å². The van der Waals surface area contributed by atoms with Crippen LogP contribution in [-0.4, -0.2) is 38.3 Å². The van der Waals surface area contributed by atoms with Crippen LogP contribution in [0, 0.1) is 5.41 Å². The SMILES string of the molecule is COC(=NC(=N)c1ccccc1OC(F)(F)F)c1ccc(N2CCCCC2)cc1. The summed E-state index contributed by atoms with van der Waals surface area (Å²) in [6, 6.07) is 13.0. The van der Waals surface area contributed by atoms with Gasteiger partial charge >= 0.3 is 6.36 Å². The largest absolute Gasteiger partial charge is 0.573 e. The van der Waals surface area contributed by atoms with Gasteiger partial charge in [-0.2, -0.15) is 4.99 Å². The number of alkyl halides is 3. The number of nitrogens with zero attached hydrogens (tertiary/aromatic N) is 2. The Hall–Kier alpha value is -3.03. The van der Waals surface area contributed by atoms with Gasteiger partial charge in [-0.15, -0.1) is 13.2 Å². The van der Waals surface area contributed by atoms with Gasteiger partial charge < -0.3 is 14.4 Å². The Morgan fingerprint density at radius 3 is 2.28 bits per heavy atom. The maximum absolute atomic E-state index is 12.6. The molecule has 2 aromatic rings. The van der Waals surface area contributed by atoms with E-state index in [0.717, 1.165) is 24.8 Å². The molecular weight excluding hydrogens is 383 g/mol. The van der Waals surface area contributed by atoms with Crippen LogP contribution in [0.1, 0.15) is 30.4 Å². The van der Waals surface area contributed by atoms with E-state index in [1.54, 1.807) is 0 Å². The molecule has 3 rings (SSSR count). The lowest BCUT2D eigenvalue weighted by atomic mass is 10.1. The highest BCUT2D eigenvalue weighted by atomic mass is 19.4. The fourth-order valence-corrected chi connectivity index (χ4v) is 3.23. The Balaban J connectivity index is 1.82. The second-order valence-corrected chi connectivity index (χ2v) is 6.61. The summed E-state index contributed by atoms with van der Waals surface area (Å²) in [4.78, 5) is 6.39. The van der Waals surface area contributed by atoms with Gasteiger partial charge in [-0.3, -0.25) is 5.41 Å². The number of benzene rings is 2. The normalized spacial score (nSPS) is 15.2. The van der Waals surface area contributed by atoms with E-state index < -0.39 is 12.1 Å². The molecule has 2 aromatic carbocycles. The third kappa shape index (κ3) is 5.49. The Bertz CT molecular complexity index is 873. The van der Waals surface area contributed by atoms with E-state index in [1.807, 2.05) is 24.3 Å². The zero-order chi connectivity index (χ0) is 20.9. The number of aliphatic imine (C=N–C) groups is 1. The highest BCUT2D eigenvalue weighted by Crippen LogP contribution is 2.27. The number of hydrogen-bond donors (Lipinski definition) is 1. The van der Waals surface area contributed by atoms with Crippen molar-refractivity contribution in [3.8, 4) is 5.75 Å². The number of hydrogen-bond acceptors (Lipinski definition) is 4. The van der Waals surface area contributed by atoms with E-state index in [2.05, 4.69) is 14.6 Å². The Morgan fingerprint density at radius 1 is 1.00 bits per heavy atom. The minimum Gasteiger partial charge on any atom is -0.481 e. The average molecular weight is 405 g/mol. The maximum atomic E-state index is 12.6. The predicted molar refractivity (Wildman–Crippen MR) is 106 cm³/mol. The quantitative estimate of drug-likeness (QED) is 0.576. The number of halogens is 3. The van der Waals surface area contributed by atoms with Gasteiger partial charge in [-0.25, -0.2) is 0 Å². The first-order chi connectivity index (χ1) is 13.9. The minimum absolute atomic E-state index is 0.0793. The Morgan fingerprint density at radius 2 is 1.66 bits per heavy atom. The lowest BCUT2D eigenvalue weighted by Crippen LogP contribution is -2.29. The summed E-state index contributed by atoms with van der Waals surface area (Å²) >= 11 is 0. The number of methoxy groups -OCH3 is 1. The van der Waals surface area contributed by atoms with Crippen molar-refractivity contribution in [2.75, 3.05) is 25.1 Å². The van der Waals surface area contributed by atoms with Crippen molar-refractivity contribution in [2.45, 2.75) is 25.6 Å². The second kappa shape index (κ2) is 8.98. The fourth-order valence-electron chi connectivity index (χ4n) is 3.23. The van der Waals surface area contributed by atoms with Crippen molar-refractivity contribution >= 4 is 17.4 Å². The summed E-state index contributed by atoms with van der Waals surface area (Å²) in [5.74, 6) is -0.728. The van der Waals surface area contributed by atoms with Crippen molar-refractivity contribution in [2.24, 2.45) is 4.99 Å². The molecule has 1 aliphatic heterocycles. The average Bonchev–Trinajstić information content (AvgIpc) is 2.72. The minimum atomic E-state index is -4.85. The second-order valence-electron chi connectivity index (χ2n) is 6.61. The molecule has 29 heavy (non-hydrogen) atoms. The summed E-state index contributed by atoms with van der Waals surface area (Å²) in [5, 5.41) is 8.14. The molecule has 1 N–H and O–H groups in total. The topological polar surface area (TPSA) is 57.9 Å². The van der Waals surface area contributed by atoms with Crippen LogP contribution < -0.4 is 9.64 Å². The number of amidine groups is 1. The molecule has 8 heteroatoms. The Labute approximate surface area is 167 Å². The smallest absolute Gasteiger partial charge is 0.481 e. The van der Waals surface area contributed by atoms with Crippen LogP contribution in [0.15, 0.2) is 53.5 Å². The molecule has 0 atom stereocenters. The van der Waals surface area contributed by atoms with E-state index in [0.29, 0.717) is 5.56 Å². The van der Waals surface area contributed by atoms with E-state index in [4.69, 9.17) is 10.1 Å². The first kappa shape index (κ1) is 20.7. The molecule has 154 valence electrons. The molecule has 0 unspecified atom stereocenters. The van der Waals surface area contributed by atoms with Gasteiger partial charge in [0.05, 0.1) is 12.7 Å².